The summed E-state index contributed by atoms with van der Waals surface area (Å²) in [4.78, 5) is 24.7. The molecule has 5 atom stereocenters. The molecule has 0 heterocycles. The molecule has 0 aliphatic heterocycles. The molecular weight excluding hydrogens is 402 g/mol. The minimum Gasteiger partial charge on any atom is -0.390 e. The topological polar surface area (TPSA) is 95.7 Å². The van der Waals surface area contributed by atoms with E-state index in [0.717, 1.165) is 19.3 Å². The van der Waals surface area contributed by atoms with Gasteiger partial charge in [0.05, 0.1) is 10.5 Å². The van der Waals surface area contributed by atoms with Gasteiger partial charge in [0.1, 0.15) is 10.4 Å². The van der Waals surface area contributed by atoms with Crippen LogP contribution in [0, 0.1) is 27.9 Å². The maximum atomic E-state index is 13.3. The summed E-state index contributed by atoms with van der Waals surface area (Å²) in [5.74, 6) is 1.05. The second-order valence-corrected chi connectivity index (χ2v) is 11.0. The fourth-order valence-corrected chi connectivity index (χ4v) is 6.11. The summed E-state index contributed by atoms with van der Waals surface area (Å²) in [5.41, 5.74) is -1.50. The van der Waals surface area contributed by atoms with Crippen LogP contribution < -0.4 is 5.32 Å². The summed E-state index contributed by atoms with van der Waals surface area (Å²) in [6, 6.07) is 6.59. The van der Waals surface area contributed by atoms with Crippen LogP contribution in [0.2, 0.25) is 0 Å². The van der Waals surface area contributed by atoms with Crippen molar-refractivity contribution in [2.45, 2.75) is 75.5 Å². The third-order valence-corrected chi connectivity index (χ3v) is 8.10. The van der Waals surface area contributed by atoms with Crippen LogP contribution in [0.4, 0.5) is 5.69 Å². The number of amides is 1. The Kier molecular flexibility index (Phi) is 6.51. The van der Waals surface area contributed by atoms with E-state index in [1.54, 1.807) is 29.6 Å². The van der Waals surface area contributed by atoms with E-state index in [1.165, 1.54) is 18.0 Å². The van der Waals surface area contributed by atoms with Crippen LogP contribution in [0.25, 0.3) is 0 Å². The van der Waals surface area contributed by atoms with E-state index in [1.807, 2.05) is 20.8 Å². The molecule has 3 rings (SSSR count). The van der Waals surface area contributed by atoms with Gasteiger partial charge in [-0.1, -0.05) is 19.1 Å². The largest absolute Gasteiger partial charge is 0.390 e. The van der Waals surface area contributed by atoms with E-state index >= 15 is 0 Å². The number of hydrogen-bond acceptors (Lipinski definition) is 6. The minimum atomic E-state index is -0.873. The number of nitrogens with one attached hydrogen (secondary N) is 1. The SMILES string of the molecule is CC1CC2CC(CC(C)(O)C2)C1NC(=O)C(C)(C)N(C)Sc1ccccc1[N+](=O)[O-]. The second kappa shape index (κ2) is 8.48. The molecule has 0 spiro atoms. The van der Waals surface area contributed by atoms with E-state index < -0.39 is 16.1 Å². The number of benzene rings is 1. The first-order valence-corrected chi connectivity index (χ1v) is 11.4. The van der Waals surface area contributed by atoms with Crippen LogP contribution in [0.15, 0.2) is 29.2 Å². The number of likely N-dealkylation sites (N-methyl/N-ethyl adjacent to an activating group) is 1. The van der Waals surface area contributed by atoms with E-state index in [9.17, 15) is 20.0 Å². The molecule has 166 valence electrons. The Morgan fingerprint density at radius 1 is 1.33 bits per heavy atom. The van der Waals surface area contributed by atoms with E-state index in [0.29, 0.717) is 23.2 Å². The van der Waals surface area contributed by atoms with Crippen molar-refractivity contribution < 1.29 is 14.8 Å². The summed E-state index contributed by atoms with van der Waals surface area (Å²) >= 11 is 1.21. The predicted octanol–water partition coefficient (Wildman–Crippen LogP) is 4.00. The Morgan fingerprint density at radius 3 is 2.67 bits per heavy atom. The number of carbonyl (C=O) groups is 1. The second-order valence-electron chi connectivity index (χ2n) is 9.85. The predicted molar refractivity (Wildman–Crippen MR) is 118 cm³/mol. The van der Waals surface area contributed by atoms with Crippen LogP contribution in [-0.4, -0.2) is 44.5 Å². The normalized spacial score (nSPS) is 31.4. The van der Waals surface area contributed by atoms with Crippen molar-refractivity contribution in [3.63, 3.8) is 0 Å². The molecule has 2 N–H and O–H groups in total. The Bertz CT molecular complexity index is 811. The van der Waals surface area contributed by atoms with Gasteiger partial charge in [0.15, 0.2) is 0 Å². The number of nitrogens with zero attached hydrogens (tertiary/aromatic N) is 2. The molecule has 2 fully saturated rings. The fourth-order valence-electron chi connectivity index (χ4n) is 5.13. The number of nitro benzene ring substituents is 1. The molecule has 0 aromatic heterocycles. The summed E-state index contributed by atoms with van der Waals surface area (Å²) in [6.07, 6.45) is 3.61. The van der Waals surface area contributed by atoms with Gasteiger partial charge in [-0.2, -0.15) is 0 Å². The molecule has 0 saturated heterocycles. The van der Waals surface area contributed by atoms with Crippen LogP contribution in [0.3, 0.4) is 0 Å². The number of rotatable bonds is 6. The van der Waals surface area contributed by atoms with Crippen molar-refractivity contribution in [1.29, 1.82) is 0 Å². The first kappa shape index (κ1) is 23.0. The Hall–Kier alpha value is -1.64. The molecule has 1 amide bonds. The van der Waals surface area contributed by atoms with Crippen molar-refractivity contribution in [2.24, 2.45) is 17.8 Å². The van der Waals surface area contributed by atoms with Gasteiger partial charge in [-0.05, 0) is 89.3 Å². The summed E-state index contributed by atoms with van der Waals surface area (Å²) in [6.45, 7) is 7.75. The Morgan fingerprint density at radius 2 is 2.00 bits per heavy atom. The maximum Gasteiger partial charge on any atom is 0.284 e. The number of nitro groups is 1. The molecule has 2 aliphatic carbocycles. The van der Waals surface area contributed by atoms with Gasteiger partial charge < -0.3 is 10.4 Å². The Labute approximate surface area is 182 Å². The highest BCUT2D eigenvalue weighted by Crippen LogP contribution is 2.46. The Balaban J connectivity index is 1.71. The minimum absolute atomic E-state index is 0.0296. The molecule has 8 heteroatoms. The molecule has 1 aromatic carbocycles. The molecular formula is C22H33N3O4S. The first-order valence-electron chi connectivity index (χ1n) is 10.6. The van der Waals surface area contributed by atoms with Gasteiger partial charge in [-0.15, -0.1) is 0 Å². The molecule has 2 saturated carbocycles. The van der Waals surface area contributed by atoms with E-state index in [-0.39, 0.29) is 23.6 Å². The highest BCUT2D eigenvalue weighted by molar-refractivity contribution is 7.97. The van der Waals surface area contributed by atoms with E-state index in [2.05, 4.69) is 12.2 Å². The van der Waals surface area contributed by atoms with Crippen LogP contribution in [-0.2, 0) is 4.79 Å². The summed E-state index contributed by atoms with van der Waals surface area (Å²) < 4.78 is 1.78. The standard InChI is InChI=1S/C22H33N3O4S/c1-14-10-15-11-16(13-22(4,27)12-15)19(14)23-20(26)21(2,3)24(5)30-18-9-7-6-8-17(18)25(28)29/h6-9,14-16,19,27H,10-13H2,1-5H3,(H,23,26). The molecule has 30 heavy (non-hydrogen) atoms. The van der Waals surface area contributed by atoms with Crippen molar-refractivity contribution >= 4 is 23.5 Å². The number of aliphatic hydroxyl groups is 1. The van der Waals surface area contributed by atoms with Gasteiger partial charge >= 0.3 is 0 Å². The van der Waals surface area contributed by atoms with Gasteiger partial charge in [0, 0.05) is 12.1 Å². The average molecular weight is 436 g/mol. The lowest BCUT2D eigenvalue weighted by Gasteiger charge is -2.50. The zero-order valence-corrected chi connectivity index (χ0v) is 19.2. The van der Waals surface area contributed by atoms with Gasteiger partial charge in [-0.3, -0.25) is 14.9 Å². The van der Waals surface area contributed by atoms with Gasteiger partial charge in [-0.25, -0.2) is 4.31 Å². The lowest BCUT2D eigenvalue weighted by molar-refractivity contribution is -0.387. The van der Waals surface area contributed by atoms with Crippen molar-refractivity contribution in [3.05, 3.63) is 34.4 Å². The van der Waals surface area contributed by atoms with Gasteiger partial charge in [0.2, 0.25) is 5.91 Å². The van der Waals surface area contributed by atoms with Crippen molar-refractivity contribution in [1.82, 2.24) is 9.62 Å². The van der Waals surface area contributed by atoms with Crippen LogP contribution >= 0.6 is 11.9 Å². The summed E-state index contributed by atoms with van der Waals surface area (Å²) in [7, 11) is 1.78. The monoisotopic (exact) mass is 435 g/mol. The van der Waals surface area contributed by atoms with Crippen molar-refractivity contribution in [2.75, 3.05) is 7.05 Å². The average Bonchev–Trinajstić information content (AvgIpc) is 2.63. The number of fused-ring (bicyclic) bond motifs is 2. The highest BCUT2D eigenvalue weighted by atomic mass is 32.2. The fraction of sp³-hybridized carbons (Fsp3) is 0.682. The number of para-hydroxylation sites is 1. The first-order chi connectivity index (χ1) is 13.9. The smallest absolute Gasteiger partial charge is 0.284 e. The van der Waals surface area contributed by atoms with E-state index in [4.69, 9.17) is 0 Å². The third-order valence-electron chi connectivity index (χ3n) is 6.83. The quantitative estimate of drug-likeness (QED) is 0.398. The lowest BCUT2D eigenvalue weighted by atomic mass is 9.61. The molecule has 2 bridgehead atoms. The number of carbonyl (C=O) groups excluding carboxylic acids is 1. The van der Waals surface area contributed by atoms with Crippen LogP contribution in [0.1, 0.15) is 53.4 Å². The molecule has 2 aliphatic rings. The van der Waals surface area contributed by atoms with Crippen molar-refractivity contribution in [3.8, 4) is 0 Å². The molecule has 5 unspecified atom stereocenters. The van der Waals surface area contributed by atoms with Crippen LogP contribution in [0.5, 0.6) is 0 Å². The zero-order chi connectivity index (χ0) is 22.3. The highest BCUT2D eigenvalue weighted by Gasteiger charge is 2.46. The maximum absolute atomic E-state index is 13.3. The molecule has 7 nitrogen and oxygen atoms in total. The molecule has 1 aromatic rings. The molecule has 0 radical (unpaired) electrons. The zero-order valence-electron chi connectivity index (χ0n) is 18.4. The number of hydrogen-bond donors (Lipinski definition) is 2. The summed E-state index contributed by atoms with van der Waals surface area (Å²) in [5, 5.41) is 25.2. The lowest BCUT2D eigenvalue weighted by Crippen LogP contribution is -2.59. The third kappa shape index (κ3) is 4.81. The van der Waals surface area contributed by atoms with Gasteiger partial charge in [0.25, 0.3) is 5.69 Å².